The van der Waals surface area contributed by atoms with E-state index in [1.807, 2.05) is 36.4 Å². The molecule has 1 aromatic heterocycles. The maximum absolute atomic E-state index is 9.54. The molecule has 0 aliphatic heterocycles. The van der Waals surface area contributed by atoms with Crippen molar-refractivity contribution < 1.29 is 9.52 Å². The Morgan fingerprint density at radius 1 is 1.00 bits per heavy atom. The van der Waals surface area contributed by atoms with Gasteiger partial charge in [-0.1, -0.05) is 48.5 Å². The molecule has 0 aliphatic rings. The van der Waals surface area contributed by atoms with Crippen LogP contribution >= 0.6 is 0 Å². The van der Waals surface area contributed by atoms with Gasteiger partial charge >= 0.3 is 0 Å². The quantitative estimate of drug-likeness (QED) is 0.729. The minimum atomic E-state index is 0.0427. The molecule has 3 aromatic rings. The van der Waals surface area contributed by atoms with E-state index in [2.05, 4.69) is 23.5 Å². The lowest BCUT2D eigenvalue weighted by atomic mass is 10.1. The van der Waals surface area contributed by atoms with E-state index in [0.717, 1.165) is 23.0 Å². The Hall–Kier alpha value is -2.10. The summed E-state index contributed by atoms with van der Waals surface area (Å²) in [5, 5.41) is 14.1. The highest BCUT2D eigenvalue weighted by atomic mass is 16.3. The molecule has 2 aromatic carbocycles. The topological polar surface area (TPSA) is 45.4 Å². The zero-order valence-corrected chi connectivity index (χ0v) is 11.8. The molecule has 0 fully saturated rings. The largest absolute Gasteiger partial charge is 0.464 e. The van der Waals surface area contributed by atoms with Crippen molar-refractivity contribution in [3.63, 3.8) is 0 Å². The fourth-order valence-electron chi connectivity index (χ4n) is 2.52. The molecule has 0 spiro atoms. The van der Waals surface area contributed by atoms with Gasteiger partial charge in [0.15, 0.2) is 0 Å². The highest BCUT2D eigenvalue weighted by molar-refractivity contribution is 5.80. The number of furan rings is 1. The van der Waals surface area contributed by atoms with E-state index in [0.29, 0.717) is 6.54 Å². The van der Waals surface area contributed by atoms with Gasteiger partial charge in [0.2, 0.25) is 0 Å². The second-order valence-electron chi connectivity index (χ2n) is 5.21. The second kappa shape index (κ2) is 6.57. The Balaban J connectivity index is 1.65. The Morgan fingerprint density at radius 2 is 1.76 bits per heavy atom. The smallest absolute Gasteiger partial charge is 0.134 e. The van der Waals surface area contributed by atoms with E-state index in [9.17, 15) is 5.11 Å². The van der Waals surface area contributed by atoms with Gasteiger partial charge in [-0.05, 0) is 18.1 Å². The van der Waals surface area contributed by atoms with Gasteiger partial charge in [-0.3, -0.25) is 0 Å². The van der Waals surface area contributed by atoms with Gasteiger partial charge in [0.25, 0.3) is 0 Å². The van der Waals surface area contributed by atoms with Crippen molar-refractivity contribution >= 4 is 11.0 Å². The van der Waals surface area contributed by atoms with Crippen molar-refractivity contribution in [3.05, 3.63) is 72.0 Å². The molecule has 21 heavy (non-hydrogen) atoms. The van der Waals surface area contributed by atoms with Crippen molar-refractivity contribution in [1.29, 1.82) is 0 Å². The number of hydrogen-bond acceptors (Lipinski definition) is 3. The maximum Gasteiger partial charge on any atom is 0.134 e. The summed E-state index contributed by atoms with van der Waals surface area (Å²) in [4.78, 5) is 0. The van der Waals surface area contributed by atoms with Crippen LogP contribution in [0.5, 0.6) is 0 Å². The Bertz CT molecular complexity index is 691. The van der Waals surface area contributed by atoms with Crippen molar-refractivity contribution in [2.75, 3.05) is 6.61 Å². The third-order valence-electron chi connectivity index (χ3n) is 3.69. The van der Waals surface area contributed by atoms with E-state index in [4.69, 9.17) is 4.42 Å². The van der Waals surface area contributed by atoms with Gasteiger partial charge in [0.05, 0.1) is 12.9 Å². The molecule has 2 N–H and O–H groups in total. The number of benzene rings is 2. The number of aliphatic hydroxyl groups excluding tert-OH is 1. The lowest BCUT2D eigenvalue weighted by molar-refractivity contribution is 0.241. The van der Waals surface area contributed by atoms with Crippen molar-refractivity contribution in [2.45, 2.75) is 19.0 Å². The molecule has 0 aliphatic carbocycles. The summed E-state index contributed by atoms with van der Waals surface area (Å²) in [6.45, 7) is 0.805. The van der Waals surface area contributed by atoms with Gasteiger partial charge in [-0.15, -0.1) is 0 Å². The average Bonchev–Trinajstić information content (AvgIpc) is 2.96. The van der Waals surface area contributed by atoms with Crippen LogP contribution in [-0.4, -0.2) is 17.8 Å². The third kappa shape index (κ3) is 3.32. The van der Waals surface area contributed by atoms with Crippen molar-refractivity contribution in [3.8, 4) is 0 Å². The Labute approximate surface area is 124 Å². The highest BCUT2D eigenvalue weighted by Crippen LogP contribution is 2.20. The zero-order valence-electron chi connectivity index (χ0n) is 11.8. The molecule has 3 rings (SSSR count). The first-order valence-electron chi connectivity index (χ1n) is 7.20. The summed E-state index contributed by atoms with van der Waals surface area (Å²) in [6, 6.07) is 18.2. The van der Waals surface area contributed by atoms with Gasteiger partial charge in [0, 0.05) is 23.5 Å². The van der Waals surface area contributed by atoms with Crippen LogP contribution in [0.1, 0.15) is 11.1 Å². The summed E-state index contributed by atoms with van der Waals surface area (Å²) >= 11 is 0. The maximum atomic E-state index is 9.54. The van der Waals surface area contributed by atoms with Gasteiger partial charge in [-0.25, -0.2) is 0 Å². The summed E-state index contributed by atoms with van der Waals surface area (Å²) < 4.78 is 5.53. The fraction of sp³-hybridized carbons (Fsp3) is 0.222. The molecule has 3 nitrogen and oxygen atoms in total. The van der Waals surface area contributed by atoms with Gasteiger partial charge in [0.1, 0.15) is 5.58 Å². The fourth-order valence-corrected chi connectivity index (χ4v) is 2.52. The molecule has 0 amide bonds. The zero-order chi connectivity index (χ0) is 14.5. The molecule has 0 bridgehead atoms. The monoisotopic (exact) mass is 281 g/mol. The normalized spacial score (nSPS) is 12.6. The van der Waals surface area contributed by atoms with E-state index in [1.165, 1.54) is 5.56 Å². The predicted octanol–water partition coefficient (Wildman–Crippen LogP) is 3.13. The first kappa shape index (κ1) is 13.9. The molecule has 0 saturated heterocycles. The SMILES string of the molecule is OC[C@H](Cc1ccccc1)NCc1coc2ccccc12. The van der Waals surface area contributed by atoms with E-state index < -0.39 is 0 Å². The molecule has 0 radical (unpaired) electrons. The van der Waals surface area contributed by atoms with Crippen LogP contribution in [0.25, 0.3) is 11.0 Å². The summed E-state index contributed by atoms with van der Waals surface area (Å²) in [7, 11) is 0. The first-order chi connectivity index (χ1) is 10.4. The van der Waals surface area contributed by atoms with Crippen LogP contribution in [0.2, 0.25) is 0 Å². The number of hydrogen-bond donors (Lipinski definition) is 2. The van der Waals surface area contributed by atoms with Crippen LogP contribution in [0.15, 0.2) is 65.3 Å². The molecule has 0 saturated carbocycles. The summed E-state index contributed by atoms with van der Waals surface area (Å²) in [5.41, 5.74) is 3.25. The van der Waals surface area contributed by atoms with E-state index in [1.54, 1.807) is 6.26 Å². The molecule has 0 unspecified atom stereocenters. The van der Waals surface area contributed by atoms with Gasteiger partial charge < -0.3 is 14.8 Å². The molecule has 108 valence electrons. The van der Waals surface area contributed by atoms with Crippen LogP contribution < -0.4 is 5.32 Å². The molecular formula is C18H19NO2. The van der Waals surface area contributed by atoms with Crippen molar-refractivity contribution in [2.24, 2.45) is 0 Å². The van der Waals surface area contributed by atoms with Gasteiger partial charge in [-0.2, -0.15) is 0 Å². The number of rotatable bonds is 6. The lowest BCUT2D eigenvalue weighted by Gasteiger charge is -2.16. The van der Waals surface area contributed by atoms with Crippen LogP contribution in [0.3, 0.4) is 0 Å². The average molecular weight is 281 g/mol. The second-order valence-corrected chi connectivity index (χ2v) is 5.21. The van der Waals surface area contributed by atoms with E-state index >= 15 is 0 Å². The molecule has 3 heteroatoms. The number of fused-ring (bicyclic) bond motifs is 1. The van der Waals surface area contributed by atoms with Crippen molar-refractivity contribution in [1.82, 2.24) is 5.32 Å². The van der Waals surface area contributed by atoms with Crippen LogP contribution in [0.4, 0.5) is 0 Å². The minimum absolute atomic E-state index is 0.0427. The molecule has 1 atom stereocenters. The Morgan fingerprint density at radius 3 is 2.57 bits per heavy atom. The third-order valence-corrected chi connectivity index (χ3v) is 3.69. The van der Waals surface area contributed by atoms with Crippen LogP contribution in [-0.2, 0) is 13.0 Å². The van der Waals surface area contributed by atoms with Crippen LogP contribution in [0, 0.1) is 0 Å². The Kier molecular flexibility index (Phi) is 4.34. The predicted molar refractivity (Wildman–Crippen MR) is 84.1 cm³/mol. The van der Waals surface area contributed by atoms with E-state index in [-0.39, 0.29) is 12.6 Å². The number of para-hydroxylation sites is 1. The number of aliphatic hydroxyl groups is 1. The summed E-state index contributed by atoms with van der Waals surface area (Å²) in [5.74, 6) is 0. The first-order valence-corrected chi connectivity index (χ1v) is 7.20. The summed E-state index contributed by atoms with van der Waals surface area (Å²) in [6.07, 6.45) is 2.60. The minimum Gasteiger partial charge on any atom is -0.464 e. The molecular weight excluding hydrogens is 262 g/mol. The lowest BCUT2D eigenvalue weighted by Crippen LogP contribution is -2.33. The number of nitrogens with one attached hydrogen (secondary N) is 1. The highest BCUT2D eigenvalue weighted by Gasteiger charge is 2.10. The molecule has 1 heterocycles. The standard InChI is InChI=1S/C18H19NO2/c20-12-16(10-14-6-2-1-3-7-14)19-11-15-13-21-18-9-5-4-8-17(15)18/h1-9,13,16,19-20H,10-12H2/t16-/m0/s1.